The van der Waals surface area contributed by atoms with Crippen LogP contribution in [0.2, 0.25) is 0 Å². The number of hydrogen-bond acceptors (Lipinski definition) is 2. The number of halogens is 1. The summed E-state index contributed by atoms with van der Waals surface area (Å²) < 4.78 is 19.4. The summed E-state index contributed by atoms with van der Waals surface area (Å²) in [5.74, 6) is 1.52. The van der Waals surface area contributed by atoms with Crippen molar-refractivity contribution >= 4 is 0 Å². The molecule has 2 nitrogen and oxygen atoms in total. The maximum absolute atomic E-state index is 13.4. The molecule has 0 aromatic heterocycles. The van der Waals surface area contributed by atoms with Gasteiger partial charge in [0.1, 0.15) is 17.3 Å². The van der Waals surface area contributed by atoms with Gasteiger partial charge in [-0.15, -0.1) is 0 Å². The Morgan fingerprint density at radius 3 is 2.33 bits per heavy atom. The quantitative estimate of drug-likeness (QED) is 0.852. The number of rotatable bonds is 4. The van der Waals surface area contributed by atoms with Crippen LogP contribution in [0.25, 0.3) is 0 Å². The fourth-order valence-corrected chi connectivity index (χ4v) is 2.17. The first-order chi connectivity index (χ1) is 9.88. The Bertz CT molecular complexity index is 635. The molecule has 2 aromatic carbocycles. The Labute approximate surface area is 125 Å². The SMILES string of the molecule is Cc1ccc(C(C)C)cc1Oc1ccc(F)cc1[C@H](C)N. The zero-order valence-corrected chi connectivity index (χ0v) is 13.0. The van der Waals surface area contributed by atoms with Crippen LogP contribution in [0.4, 0.5) is 4.39 Å². The average molecular weight is 287 g/mol. The Kier molecular flexibility index (Phi) is 4.63. The third kappa shape index (κ3) is 3.61. The average Bonchev–Trinajstić information content (AvgIpc) is 2.42. The van der Waals surface area contributed by atoms with Crippen LogP contribution in [0, 0.1) is 12.7 Å². The molecule has 0 aliphatic rings. The van der Waals surface area contributed by atoms with Gasteiger partial charge >= 0.3 is 0 Å². The van der Waals surface area contributed by atoms with Gasteiger partial charge in [-0.1, -0.05) is 26.0 Å². The third-order valence-electron chi connectivity index (χ3n) is 3.56. The number of nitrogens with two attached hydrogens (primary N) is 1. The summed E-state index contributed by atoms with van der Waals surface area (Å²) in [6.07, 6.45) is 0. The molecule has 0 aliphatic heterocycles. The molecular weight excluding hydrogens is 265 g/mol. The lowest BCUT2D eigenvalue weighted by Crippen LogP contribution is -2.07. The first-order valence-corrected chi connectivity index (χ1v) is 7.22. The van der Waals surface area contributed by atoms with E-state index in [9.17, 15) is 4.39 Å². The van der Waals surface area contributed by atoms with Crippen LogP contribution in [-0.2, 0) is 0 Å². The van der Waals surface area contributed by atoms with Gasteiger partial charge in [0.25, 0.3) is 0 Å². The summed E-state index contributed by atoms with van der Waals surface area (Å²) in [4.78, 5) is 0. The minimum absolute atomic E-state index is 0.288. The molecule has 3 heteroatoms. The van der Waals surface area contributed by atoms with Crippen molar-refractivity contribution in [3.63, 3.8) is 0 Å². The lowest BCUT2D eigenvalue weighted by Gasteiger charge is -2.16. The molecule has 0 unspecified atom stereocenters. The zero-order valence-electron chi connectivity index (χ0n) is 13.0. The Morgan fingerprint density at radius 2 is 1.71 bits per heavy atom. The van der Waals surface area contributed by atoms with Crippen LogP contribution < -0.4 is 10.5 Å². The number of benzene rings is 2. The second kappa shape index (κ2) is 6.27. The van der Waals surface area contributed by atoms with E-state index in [4.69, 9.17) is 10.5 Å². The molecule has 0 bridgehead atoms. The lowest BCUT2D eigenvalue weighted by molar-refractivity contribution is 0.465. The van der Waals surface area contributed by atoms with Gasteiger partial charge in [-0.2, -0.15) is 0 Å². The molecule has 2 aromatic rings. The zero-order chi connectivity index (χ0) is 15.6. The third-order valence-corrected chi connectivity index (χ3v) is 3.56. The van der Waals surface area contributed by atoms with Crippen molar-refractivity contribution < 1.29 is 9.13 Å². The van der Waals surface area contributed by atoms with Crippen LogP contribution in [0.15, 0.2) is 36.4 Å². The molecule has 2 N–H and O–H groups in total. The Morgan fingerprint density at radius 1 is 1.00 bits per heavy atom. The monoisotopic (exact) mass is 287 g/mol. The predicted octanol–water partition coefficient (Wildman–Crippen LogP) is 5.07. The number of aryl methyl sites for hydroxylation is 1. The van der Waals surface area contributed by atoms with Gasteiger partial charge in [0.2, 0.25) is 0 Å². The van der Waals surface area contributed by atoms with E-state index in [1.165, 1.54) is 17.7 Å². The summed E-state index contributed by atoms with van der Waals surface area (Å²) in [5, 5.41) is 0. The number of hydrogen-bond donors (Lipinski definition) is 1. The standard InChI is InChI=1S/C18H22FNO/c1-11(2)14-6-5-12(3)18(9-14)21-17-8-7-15(19)10-16(17)13(4)20/h5-11,13H,20H2,1-4H3/t13-/m0/s1. The highest BCUT2D eigenvalue weighted by Crippen LogP contribution is 2.32. The normalized spacial score (nSPS) is 12.5. The van der Waals surface area contributed by atoms with E-state index >= 15 is 0 Å². The van der Waals surface area contributed by atoms with Crippen molar-refractivity contribution in [1.82, 2.24) is 0 Å². The summed E-state index contributed by atoms with van der Waals surface area (Å²) in [5.41, 5.74) is 8.83. The molecule has 0 heterocycles. The second-order valence-corrected chi connectivity index (χ2v) is 5.75. The van der Waals surface area contributed by atoms with Crippen molar-refractivity contribution in [1.29, 1.82) is 0 Å². The Hall–Kier alpha value is -1.87. The molecule has 0 aliphatic carbocycles. The fraction of sp³-hybridized carbons (Fsp3) is 0.333. The summed E-state index contributed by atoms with van der Waals surface area (Å²) >= 11 is 0. The molecule has 0 saturated heterocycles. The van der Waals surface area contributed by atoms with E-state index in [0.29, 0.717) is 17.2 Å². The number of ether oxygens (including phenoxy) is 1. The van der Waals surface area contributed by atoms with Crippen LogP contribution in [-0.4, -0.2) is 0 Å². The van der Waals surface area contributed by atoms with Gasteiger partial charge < -0.3 is 10.5 Å². The topological polar surface area (TPSA) is 35.2 Å². The molecule has 0 saturated carbocycles. The van der Waals surface area contributed by atoms with Crippen molar-refractivity contribution in [2.75, 3.05) is 0 Å². The van der Waals surface area contributed by atoms with Crippen LogP contribution in [0.1, 0.15) is 49.4 Å². The van der Waals surface area contributed by atoms with Crippen LogP contribution >= 0.6 is 0 Å². The molecule has 21 heavy (non-hydrogen) atoms. The van der Waals surface area contributed by atoms with E-state index in [1.54, 1.807) is 6.07 Å². The van der Waals surface area contributed by atoms with E-state index in [2.05, 4.69) is 19.9 Å². The molecular formula is C18H22FNO. The van der Waals surface area contributed by atoms with E-state index < -0.39 is 0 Å². The van der Waals surface area contributed by atoms with Gasteiger partial charge in [0.05, 0.1) is 0 Å². The second-order valence-electron chi connectivity index (χ2n) is 5.75. The molecule has 2 rings (SSSR count). The van der Waals surface area contributed by atoms with Gasteiger partial charge in [-0.05, 0) is 55.2 Å². The van der Waals surface area contributed by atoms with Crippen molar-refractivity contribution in [3.8, 4) is 11.5 Å². The highest BCUT2D eigenvalue weighted by molar-refractivity contribution is 5.44. The molecule has 0 radical (unpaired) electrons. The van der Waals surface area contributed by atoms with Gasteiger partial charge in [0.15, 0.2) is 0 Å². The first-order valence-electron chi connectivity index (χ1n) is 7.22. The summed E-state index contributed by atoms with van der Waals surface area (Å²) in [7, 11) is 0. The molecule has 0 spiro atoms. The highest BCUT2D eigenvalue weighted by atomic mass is 19.1. The van der Waals surface area contributed by atoms with E-state index in [1.807, 2.05) is 26.0 Å². The largest absolute Gasteiger partial charge is 0.457 e. The van der Waals surface area contributed by atoms with Gasteiger partial charge in [-0.25, -0.2) is 4.39 Å². The van der Waals surface area contributed by atoms with Crippen molar-refractivity contribution in [2.45, 2.75) is 39.7 Å². The predicted molar refractivity (Wildman–Crippen MR) is 84.3 cm³/mol. The lowest BCUT2D eigenvalue weighted by atomic mass is 10.0. The Balaban J connectivity index is 2.40. The van der Waals surface area contributed by atoms with E-state index in [-0.39, 0.29) is 11.9 Å². The van der Waals surface area contributed by atoms with Crippen LogP contribution in [0.5, 0.6) is 11.5 Å². The molecule has 0 fully saturated rings. The van der Waals surface area contributed by atoms with Gasteiger partial charge in [0, 0.05) is 11.6 Å². The molecule has 112 valence electrons. The van der Waals surface area contributed by atoms with E-state index in [0.717, 1.165) is 11.3 Å². The first kappa shape index (κ1) is 15.5. The minimum Gasteiger partial charge on any atom is -0.457 e. The maximum atomic E-state index is 13.4. The summed E-state index contributed by atoms with van der Waals surface area (Å²) in [6.45, 7) is 8.09. The van der Waals surface area contributed by atoms with Crippen molar-refractivity contribution in [3.05, 3.63) is 58.9 Å². The van der Waals surface area contributed by atoms with Crippen LogP contribution in [0.3, 0.4) is 0 Å². The van der Waals surface area contributed by atoms with Gasteiger partial charge in [-0.3, -0.25) is 0 Å². The highest BCUT2D eigenvalue weighted by Gasteiger charge is 2.12. The molecule has 0 amide bonds. The maximum Gasteiger partial charge on any atom is 0.132 e. The molecule has 1 atom stereocenters. The minimum atomic E-state index is -0.303. The van der Waals surface area contributed by atoms with Crippen molar-refractivity contribution in [2.24, 2.45) is 5.73 Å². The summed E-state index contributed by atoms with van der Waals surface area (Å²) in [6, 6.07) is 10.3. The fourth-order valence-electron chi connectivity index (χ4n) is 2.17. The smallest absolute Gasteiger partial charge is 0.132 e.